The summed E-state index contributed by atoms with van der Waals surface area (Å²) in [5, 5.41) is 20.4. The van der Waals surface area contributed by atoms with Crippen LogP contribution in [0.25, 0.3) is 0 Å². The van der Waals surface area contributed by atoms with E-state index in [2.05, 4.69) is 10.1 Å². The maximum absolute atomic E-state index is 14.0. The first-order valence-corrected chi connectivity index (χ1v) is 21.5. The van der Waals surface area contributed by atoms with E-state index in [1.54, 1.807) is 9.91 Å². The van der Waals surface area contributed by atoms with Gasteiger partial charge in [-0.1, -0.05) is 72.1 Å². The molecule has 47 heavy (non-hydrogen) atoms. The predicted octanol–water partition coefficient (Wildman–Crippen LogP) is 3.40. The number of carbonyl (C=O) groups is 2. The lowest BCUT2D eigenvalue weighted by Crippen LogP contribution is -2.55. The van der Waals surface area contributed by atoms with Gasteiger partial charge in [0.15, 0.2) is 0 Å². The van der Waals surface area contributed by atoms with Gasteiger partial charge >= 0.3 is 0 Å². The second-order valence-electron chi connectivity index (χ2n) is 14.4. The molecule has 5 atom stereocenters. The maximum atomic E-state index is 14.0. The van der Waals surface area contributed by atoms with Crippen molar-refractivity contribution >= 4 is 31.9 Å². The molecule has 2 amide bonds. The molecule has 0 aromatic rings. The molecule has 274 valence electrons. The summed E-state index contributed by atoms with van der Waals surface area (Å²) >= 11 is 0. The van der Waals surface area contributed by atoms with Gasteiger partial charge in [0, 0.05) is 38.0 Å². The van der Waals surface area contributed by atoms with Crippen molar-refractivity contribution in [2.24, 2.45) is 22.9 Å². The quantitative estimate of drug-likeness (QED) is 0.157. The van der Waals surface area contributed by atoms with E-state index >= 15 is 0 Å². The van der Waals surface area contributed by atoms with Crippen LogP contribution in [0.3, 0.4) is 0 Å². The fourth-order valence-corrected chi connectivity index (χ4v) is 10.5. The number of primary sulfonamides is 1. The number of aliphatic hydroxyl groups is 1. The number of nitrogens with two attached hydrogens (primary N) is 1. The minimum absolute atomic E-state index is 0.00599. The number of nitrogens with one attached hydrogen (secondary N) is 2. The number of hydrogen-bond donors (Lipinski definition) is 4. The number of aliphatic hydroxyl groups excluding tert-OH is 1. The number of sulfonamides is 2. The molecule has 0 radical (unpaired) electrons. The van der Waals surface area contributed by atoms with E-state index in [1.807, 2.05) is 20.8 Å². The van der Waals surface area contributed by atoms with Crippen LogP contribution in [-0.2, 0) is 29.6 Å². The van der Waals surface area contributed by atoms with Crippen LogP contribution in [0.2, 0.25) is 0 Å². The summed E-state index contributed by atoms with van der Waals surface area (Å²) in [7, 11) is -7.62. The number of amides is 2. The van der Waals surface area contributed by atoms with Crippen LogP contribution in [0, 0.1) is 17.8 Å². The Morgan fingerprint density at radius 2 is 1.34 bits per heavy atom. The van der Waals surface area contributed by atoms with Crippen molar-refractivity contribution in [3.63, 3.8) is 0 Å². The van der Waals surface area contributed by atoms with Gasteiger partial charge in [0.25, 0.3) is 0 Å². The monoisotopic (exact) mass is 705 g/mol. The van der Waals surface area contributed by atoms with Gasteiger partial charge in [-0.2, -0.15) is 0 Å². The summed E-state index contributed by atoms with van der Waals surface area (Å²) in [6, 6.07) is -0.662. The van der Waals surface area contributed by atoms with Crippen LogP contribution in [-0.4, -0.2) is 92.5 Å². The van der Waals surface area contributed by atoms with E-state index in [9.17, 15) is 31.5 Å². The first-order chi connectivity index (χ1) is 22.3. The van der Waals surface area contributed by atoms with Crippen molar-refractivity contribution in [1.29, 1.82) is 0 Å². The number of nitrogens with zero attached hydrogens (tertiary/aromatic N) is 2. The molecule has 3 rings (SSSR count). The van der Waals surface area contributed by atoms with Gasteiger partial charge < -0.3 is 15.3 Å². The van der Waals surface area contributed by atoms with E-state index in [-0.39, 0.29) is 31.7 Å². The lowest BCUT2D eigenvalue weighted by molar-refractivity contribution is -0.138. The van der Waals surface area contributed by atoms with E-state index in [0.717, 1.165) is 64.2 Å². The third-order valence-electron chi connectivity index (χ3n) is 10.4. The minimum Gasteiger partial charge on any atom is -0.390 e. The Morgan fingerprint density at radius 3 is 1.89 bits per heavy atom. The molecule has 0 spiro atoms. The number of hydrogen-bond acceptors (Lipinski definition) is 8. The maximum Gasteiger partial charge on any atom is 0.227 e. The minimum atomic E-state index is -4.00. The SMILES string of the molecule is CCCN(CC(O)C(CC1CCCCC1)NC(=O)C1CC(C(=O)N(CCC)CCC)CC(S(N)(=O)=O)C1)NS(=O)(=O)C1CCCCC1. The van der Waals surface area contributed by atoms with Crippen molar-refractivity contribution in [3.8, 4) is 0 Å². The summed E-state index contributed by atoms with van der Waals surface area (Å²) in [6.45, 7) is 7.46. The van der Waals surface area contributed by atoms with Crippen molar-refractivity contribution < 1.29 is 31.5 Å². The molecule has 5 unspecified atom stereocenters. The molecule has 3 fully saturated rings. The zero-order valence-corrected chi connectivity index (χ0v) is 30.7. The molecule has 0 bridgehead atoms. The molecule has 0 heterocycles. The van der Waals surface area contributed by atoms with Crippen molar-refractivity contribution in [2.45, 2.75) is 153 Å². The van der Waals surface area contributed by atoms with Crippen LogP contribution in [0.4, 0.5) is 0 Å². The molecule has 14 heteroatoms. The smallest absolute Gasteiger partial charge is 0.227 e. The molecule has 5 N–H and O–H groups in total. The van der Waals surface area contributed by atoms with Gasteiger partial charge in [0.05, 0.1) is 22.6 Å². The lowest BCUT2D eigenvalue weighted by Gasteiger charge is -2.37. The predicted molar refractivity (Wildman–Crippen MR) is 185 cm³/mol. The largest absolute Gasteiger partial charge is 0.390 e. The highest BCUT2D eigenvalue weighted by molar-refractivity contribution is 7.90. The van der Waals surface area contributed by atoms with Crippen LogP contribution in [0.5, 0.6) is 0 Å². The Hall–Kier alpha value is -1.32. The van der Waals surface area contributed by atoms with Gasteiger partial charge in [0.2, 0.25) is 31.9 Å². The average Bonchev–Trinajstić information content (AvgIpc) is 3.04. The molecule has 0 aliphatic heterocycles. The second kappa shape index (κ2) is 19.2. The zero-order chi connectivity index (χ0) is 34.6. The Balaban J connectivity index is 1.80. The van der Waals surface area contributed by atoms with Crippen LogP contribution in [0.15, 0.2) is 0 Å². The summed E-state index contributed by atoms with van der Waals surface area (Å²) in [6.07, 6.45) is 11.4. The first kappa shape index (κ1) is 40.1. The second-order valence-corrected chi connectivity index (χ2v) is 18.2. The normalized spacial score (nSPS) is 24.9. The third-order valence-corrected chi connectivity index (χ3v) is 13.6. The van der Waals surface area contributed by atoms with Gasteiger partial charge in [-0.3, -0.25) is 9.59 Å². The first-order valence-electron chi connectivity index (χ1n) is 18.3. The Morgan fingerprint density at radius 1 is 0.787 bits per heavy atom. The topological polar surface area (TPSA) is 179 Å². The lowest BCUT2D eigenvalue weighted by atomic mass is 9.79. The van der Waals surface area contributed by atoms with E-state index in [1.165, 1.54) is 0 Å². The standard InChI is InChI=1S/C33H63N5O7S2/c1-4-17-37(18-5-2)33(41)27-21-26(22-29(23-27)46(34,42)43)32(40)35-30(20-25-13-9-7-10-14-25)31(39)24-38(19-6-3)36-47(44,45)28-15-11-8-12-16-28/h25-31,36,39H,4-24H2,1-3H3,(H,35,40)(H2,34,42,43). The molecule has 0 aromatic heterocycles. The van der Waals surface area contributed by atoms with Crippen LogP contribution in [0.1, 0.15) is 130 Å². The number of carbonyl (C=O) groups excluding carboxylic acids is 2. The fourth-order valence-electron chi connectivity index (χ4n) is 7.90. The Labute approximate surface area is 284 Å². The van der Waals surface area contributed by atoms with Gasteiger partial charge in [-0.05, 0) is 63.7 Å². The van der Waals surface area contributed by atoms with Gasteiger partial charge in [-0.15, -0.1) is 4.83 Å². The molecular weight excluding hydrogens is 643 g/mol. The molecule has 3 aliphatic carbocycles. The summed E-state index contributed by atoms with van der Waals surface area (Å²) in [4.78, 5) is 32.0. The Bertz CT molecular complexity index is 1180. The highest BCUT2D eigenvalue weighted by Crippen LogP contribution is 2.35. The van der Waals surface area contributed by atoms with Gasteiger partial charge in [-0.25, -0.2) is 27.0 Å². The average molecular weight is 706 g/mol. The van der Waals surface area contributed by atoms with E-state index < -0.39 is 60.4 Å². The number of rotatable bonds is 18. The zero-order valence-electron chi connectivity index (χ0n) is 29.1. The van der Waals surface area contributed by atoms with Gasteiger partial charge in [0.1, 0.15) is 0 Å². The number of hydrazine groups is 1. The summed E-state index contributed by atoms with van der Waals surface area (Å²) < 4.78 is 51.6. The molecule has 0 aromatic carbocycles. The van der Waals surface area contributed by atoms with Crippen molar-refractivity contribution in [2.75, 3.05) is 26.2 Å². The van der Waals surface area contributed by atoms with Crippen molar-refractivity contribution in [1.82, 2.24) is 20.1 Å². The molecule has 3 aliphatic rings. The Kier molecular flexibility index (Phi) is 16.4. The molecular formula is C33H63N5O7S2. The highest BCUT2D eigenvalue weighted by atomic mass is 32.2. The van der Waals surface area contributed by atoms with E-state index in [4.69, 9.17) is 5.14 Å². The third kappa shape index (κ3) is 12.5. The molecule has 12 nitrogen and oxygen atoms in total. The van der Waals surface area contributed by atoms with E-state index in [0.29, 0.717) is 51.2 Å². The summed E-state index contributed by atoms with van der Waals surface area (Å²) in [5.74, 6) is -1.63. The highest BCUT2D eigenvalue weighted by Gasteiger charge is 2.42. The molecule has 3 saturated carbocycles. The summed E-state index contributed by atoms with van der Waals surface area (Å²) in [5.41, 5.74) is 0. The van der Waals surface area contributed by atoms with Crippen molar-refractivity contribution in [3.05, 3.63) is 0 Å². The fraction of sp³-hybridized carbons (Fsp3) is 0.939. The molecule has 0 saturated heterocycles. The van der Waals surface area contributed by atoms with Crippen LogP contribution >= 0.6 is 0 Å². The van der Waals surface area contributed by atoms with Crippen LogP contribution < -0.4 is 15.3 Å².